The first-order valence-electron chi connectivity index (χ1n) is 6.90. The van der Waals surface area contributed by atoms with E-state index in [1.807, 2.05) is 17.5 Å². The van der Waals surface area contributed by atoms with Crippen molar-refractivity contribution >= 4 is 11.3 Å². The van der Waals surface area contributed by atoms with Crippen LogP contribution in [0.25, 0.3) is 0 Å². The van der Waals surface area contributed by atoms with Crippen LogP contribution in [-0.2, 0) is 13.1 Å². The zero-order valence-corrected chi connectivity index (χ0v) is 13.1. The van der Waals surface area contributed by atoms with Gasteiger partial charge < -0.3 is 10.4 Å². The van der Waals surface area contributed by atoms with Crippen molar-refractivity contribution in [3.05, 3.63) is 33.3 Å². The van der Waals surface area contributed by atoms with E-state index in [9.17, 15) is 0 Å². The molecule has 2 heterocycles. The molecule has 110 valence electrons. The highest BCUT2D eigenvalue weighted by Crippen LogP contribution is 2.26. The third kappa shape index (κ3) is 3.88. The summed E-state index contributed by atoms with van der Waals surface area (Å²) in [5.74, 6) is 0. The van der Waals surface area contributed by atoms with E-state index >= 15 is 0 Å². The Balaban J connectivity index is 1.88. The number of hydrogen-bond donors (Lipinski definition) is 2. The second kappa shape index (κ2) is 6.97. The van der Waals surface area contributed by atoms with E-state index in [1.54, 1.807) is 4.68 Å². The lowest BCUT2D eigenvalue weighted by Gasteiger charge is -2.12. The molecule has 20 heavy (non-hydrogen) atoms. The summed E-state index contributed by atoms with van der Waals surface area (Å²) in [7, 11) is 0. The number of aromatic nitrogens is 3. The van der Waals surface area contributed by atoms with Crippen molar-refractivity contribution in [2.75, 3.05) is 6.61 Å². The number of aliphatic hydroxyl groups excluding tert-OH is 1. The molecule has 2 aromatic rings. The van der Waals surface area contributed by atoms with E-state index in [1.165, 1.54) is 15.3 Å². The molecule has 0 aliphatic heterocycles. The van der Waals surface area contributed by atoms with Crippen LogP contribution < -0.4 is 5.32 Å². The number of nitrogens with zero attached hydrogens (tertiary/aromatic N) is 3. The van der Waals surface area contributed by atoms with E-state index in [4.69, 9.17) is 5.11 Å². The number of hydrogen-bond acceptors (Lipinski definition) is 5. The Morgan fingerprint density at radius 1 is 1.45 bits per heavy atom. The SMILES string of the molecule is Cc1cc(C(C)NCc2cn(CCCO)nn2)c(C)s1. The molecule has 0 amide bonds. The molecular formula is C14H22N4OS. The van der Waals surface area contributed by atoms with Crippen LogP contribution in [0.2, 0.25) is 0 Å². The highest BCUT2D eigenvalue weighted by molar-refractivity contribution is 7.12. The minimum absolute atomic E-state index is 0.182. The first-order chi connectivity index (χ1) is 9.60. The highest BCUT2D eigenvalue weighted by atomic mass is 32.1. The Morgan fingerprint density at radius 2 is 2.25 bits per heavy atom. The average Bonchev–Trinajstić information content (AvgIpc) is 3.00. The van der Waals surface area contributed by atoms with Gasteiger partial charge in [0, 0.05) is 41.7 Å². The molecule has 0 bridgehead atoms. The largest absolute Gasteiger partial charge is 0.396 e. The summed E-state index contributed by atoms with van der Waals surface area (Å²) in [6.07, 6.45) is 2.64. The molecule has 2 N–H and O–H groups in total. The second-order valence-corrected chi connectivity index (χ2v) is 6.48. The van der Waals surface area contributed by atoms with E-state index in [0.717, 1.165) is 5.69 Å². The molecule has 0 aromatic carbocycles. The van der Waals surface area contributed by atoms with Crippen molar-refractivity contribution < 1.29 is 5.11 Å². The molecule has 0 spiro atoms. The van der Waals surface area contributed by atoms with Gasteiger partial charge in [0.2, 0.25) is 0 Å². The first kappa shape index (κ1) is 15.2. The predicted molar refractivity (Wildman–Crippen MR) is 80.8 cm³/mol. The standard InChI is InChI=1S/C14H22N4OS/c1-10-7-14(12(3)20-10)11(2)15-8-13-9-18(17-16-13)5-4-6-19/h7,9,11,15,19H,4-6,8H2,1-3H3. The fourth-order valence-corrected chi connectivity index (χ4v) is 3.23. The van der Waals surface area contributed by atoms with E-state index in [-0.39, 0.29) is 6.61 Å². The molecule has 5 nitrogen and oxygen atoms in total. The summed E-state index contributed by atoms with van der Waals surface area (Å²) in [6, 6.07) is 2.55. The van der Waals surface area contributed by atoms with Crippen LogP contribution in [0.3, 0.4) is 0 Å². The summed E-state index contributed by atoms with van der Waals surface area (Å²) < 4.78 is 1.78. The maximum Gasteiger partial charge on any atom is 0.0965 e. The van der Waals surface area contributed by atoms with Crippen LogP contribution in [0.1, 0.15) is 40.4 Å². The summed E-state index contributed by atoms with van der Waals surface area (Å²) in [6.45, 7) is 8.07. The zero-order valence-electron chi connectivity index (χ0n) is 12.3. The highest BCUT2D eigenvalue weighted by Gasteiger charge is 2.11. The third-order valence-corrected chi connectivity index (χ3v) is 4.25. The maximum absolute atomic E-state index is 8.79. The minimum atomic E-state index is 0.182. The summed E-state index contributed by atoms with van der Waals surface area (Å²) in [5, 5.41) is 20.4. The van der Waals surface area contributed by atoms with Gasteiger partial charge in [-0.15, -0.1) is 16.4 Å². The molecule has 0 fully saturated rings. The molecule has 1 atom stereocenters. The van der Waals surface area contributed by atoms with Gasteiger partial charge in [0.15, 0.2) is 0 Å². The molecule has 0 aliphatic rings. The average molecular weight is 294 g/mol. The van der Waals surface area contributed by atoms with Crippen molar-refractivity contribution in [1.29, 1.82) is 0 Å². The topological polar surface area (TPSA) is 63.0 Å². The lowest BCUT2D eigenvalue weighted by molar-refractivity contribution is 0.276. The number of nitrogens with one attached hydrogen (secondary N) is 1. The molecule has 2 aromatic heterocycles. The minimum Gasteiger partial charge on any atom is -0.396 e. The van der Waals surface area contributed by atoms with Gasteiger partial charge in [0.25, 0.3) is 0 Å². The molecule has 0 saturated carbocycles. The molecule has 6 heteroatoms. The van der Waals surface area contributed by atoms with Gasteiger partial charge in [-0.25, -0.2) is 0 Å². The van der Waals surface area contributed by atoms with Crippen molar-refractivity contribution in [3.63, 3.8) is 0 Å². The lowest BCUT2D eigenvalue weighted by Crippen LogP contribution is -2.18. The van der Waals surface area contributed by atoms with Crippen LogP contribution >= 0.6 is 11.3 Å². The smallest absolute Gasteiger partial charge is 0.0965 e. The quantitative estimate of drug-likeness (QED) is 0.821. The van der Waals surface area contributed by atoms with E-state index < -0.39 is 0 Å². The van der Waals surface area contributed by atoms with Crippen LogP contribution in [-0.4, -0.2) is 26.7 Å². The molecule has 0 saturated heterocycles. The van der Waals surface area contributed by atoms with Gasteiger partial charge in [-0.1, -0.05) is 5.21 Å². The molecule has 2 rings (SSSR count). The van der Waals surface area contributed by atoms with Crippen molar-refractivity contribution in [2.24, 2.45) is 0 Å². The third-order valence-electron chi connectivity index (χ3n) is 3.27. The maximum atomic E-state index is 8.79. The summed E-state index contributed by atoms with van der Waals surface area (Å²) in [4.78, 5) is 2.72. The van der Waals surface area contributed by atoms with Gasteiger partial charge in [0.05, 0.1) is 5.69 Å². The normalized spacial score (nSPS) is 12.8. The zero-order chi connectivity index (χ0) is 14.5. The van der Waals surface area contributed by atoms with Gasteiger partial charge >= 0.3 is 0 Å². The van der Waals surface area contributed by atoms with E-state index in [0.29, 0.717) is 25.6 Å². The van der Waals surface area contributed by atoms with E-state index in [2.05, 4.69) is 42.5 Å². The van der Waals surface area contributed by atoms with Crippen LogP contribution in [0.5, 0.6) is 0 Å². The predicted octanol–water partition coefficient (Wildman–Crippen LogP) is 2.19. The first-order valence-corrected chi connectivity index (χ1v) is 7.72. The van der Waals surface area contributed by atoms with Gasteiger partial charge in [-0.2, -0.15) is 0 Å². The van der Waals surface area contributed by atoms with Crippen LogP contribution in [0, 0.1) is 13.8 Å². The number of aryl methyl sites for hydroxylation is 3. The number of rotatable bonds is 7. The van der Waals surface area contributed by atoms with Crippen LogP contribution in [0.4, 0.5) is 0 Å². The van der Waals surface area contributed by atoms with Gasteiger partial charge in [-0.05, 0) is 38.8 Å². The fourth-order valence-electron chi connectivity index (χ4n) is 2.21. The Bertz CT molecular complexity index is 549. The van der Waals surface area contributed by atoms with Gasteiger partial charge in [0.1, 0.15) is 0 Å². The molecular weight excluding hydrogens is 272 g/mol. The molecule has 0 radical (unpaired) electrons. The Hall–Kier alpha value is -1.24. The van der Waals surface area contributed by atoms with Gasteiger partial charge in [-0.3, -0.25) is 4.68 Å². The lowest BCUT2D eigenvalue weighted by atomic mass is 10.1. The summed E-state index contributed by atoms with van der Waals surface area (Å²) >= 11 is 1.84. The fraction of sp³-hybridized carbons (Fsp3) is 0.571. The number of thiophene rings is 1. The van der Waals surface area contributed by atoms with Crippen molar-refractivity contribution in [2.45, 2.75) is 46.3 Å². The Labute approximate surface area is 123 Å². The van der Waals surface area contributed by atoms with Crippen molar-refractivity contribution in [3.8, 4) is 0 Å². The van der Waals surface area contributed by atoms with Crippen molar-refractivity contribution in [1.82, 2.24) is 20.3 Å². The summed E-state index contributed by atoms with van der Waals surface area (Å²) in [5.41, 5.74) is 2.29. The number of aliphatic hydroxyl groups is 1. The Kier molecular flexibility index (Phi) is 5.28. The Morgan fingerprint density at radius 3 is 2.90 bits per heavy atom. The second-order valence-electron chi connectivity index (χ2n) is 5.02. The molecule has 1 unspecified atom stereocenters. The monoisotopic (exact) mass is 294 g/mol. The molecule has 0 aliphatic carbocycles. The van der Waals surface area contributed by atoms with Crippen LogP contribution in [0.15, 0.2) is 12.3 Å².